The predicted molar refractivity (Wildman–Crippen MR) is 78.2 cm³/mol. The van der Waals surface area contributed by atoms with Crippen LogP contribution in [0, 0.1) is 6.92 Å². The average molecular weight is 278 g/mol. The molecular weight excluding hydrogens is 252 g/mol. The van der Waals surface area contributed by atoms with E-state index >= 15 is 0 Å². The van der Waals surface area contributed by atoms with Gasteiger partial charge in [0.25, 0.3) is 0 Å². The van der Waals surface area contributed by atoms with Crippen LogP contribution in [0.2, 0.25) is 0 Å². The fourth-order valence-corrected chi connectivity index (χ4v) is 2.71. The fourth-order valence-electron chi connectivity index (χ4n) is 2.71. The van der Waals surface area contributed by atoms with E-state index in [1.807, 2.05) is 38.1 Å². The van der Waals surface area contributed by atoms with E-state index in [9.17, 15) is 4.79 Å². The zero-order chi connectivity index (χ0) is 14.5. The molecule has 1 unspecified atom stereocenters. The Labute approximate surface area is 121 Å². The van der Waals surface area contributed by atoms with Gasteiger partial charge in [-0.25, -0.2) is 4.79 Å². The number of ether oxygens (including phenoxy) is 1. The van der Waals surface area contributed by atoms with Gasteiger partial charge >= 0.3 is 5.97 Å². The molecule has 0 radical (unpaired) electrons. The van der Waals surface area contributed by atoms with Crippen molar-refractivity contribution in [3.8, 4) is 0 Å². The Morgan fingerprint density at radius 3 is 2.65 bits per heavy atom. The number of nitrogens with one attached hydrogen (secondary N) is 2. The van der Waals surface area contributed by atoms with Crippen LogP contribution < -0.4 is 9.80 Å². The molecule has 1 saturated heterocycles. The van der Waals surface area contributed by atoms with Gasteiger partial charge in [-0.2, -0.15) is 0 Å². The molecule has 110 valence electrons. The molecule has 4 nitrogen and oxygen atoms in total. The lowest BCUT2D eigenvalue weighted by atomic mass is 10.1. The molecule has 0 aromatic heterocycles. The molecule has 1 heterocycles. The van der Waals surface area contributed by atoms with Gasteiger partial charge < -0.3 is 14.5 Å². The van der Waals surface area contributed by atoms with Crippen LogP contribution in [0.1, 0.15) is 22.8 Å². The summed E-state index contributed by atoms with van der Waals surface area (Å²) in [4.78, 5) is 15.2. The smallest absolute Gasteiger partial charge is 0.338 e. The number of rotatable bonds is 4. The lowest BCUT2D eigenvalue weighted by Gasteiger charge is -2.28. The van der Waals surface area contributed by atoms with Crippen LogP contribution in [0.3, 0.4) is 0 Å². The number of aryl methyl sites for hydroxylation is 1. The lowest BCUT2D eigenvalue weighted by molar-refractivity contribution is -1.00. The van der Waals surface area contributed by atoms with E-state index in [-0.39, 0.29) is 12.1 Å². The molecule has 0 bridgehead atoms. The second-order valence-corrected chi connectivity index (χ2v) is 6.00. The SMILES string of the molecule is Cc1cccc(C(=O)OC(C)C[NH+]2CC[NH+](C)CC2)c1. The molecule has 1 atom stereocenters. The molecular formula is C16H26N2O2+2. The highest BCUT2D eigenvalue weighted by atomic mass is 16.5. The topological polar surface area (TPSA) is 35.2 Å². The van der Waals surface area contributed by atoms with Crippen LogP contribution in [0.15, 0.2) is 24.3 Å². The zero-order valence-electron chi connectivity index (χ0n) is 12.7. The van der Waals surface area contributed by atoms with Gasteiger partial charge in [0.1, 0.15) is 38.8 Å². The van der Waals surface area contributed by atoms with Crippen molar-refractivity contribution in [2.45, 2.75) is 20.0 Å². The molecule has 20 heavy (non-hydrogen) atoms. The fraction of sp³-hybridized carbons (Fsp3) is 0.562. The van der Waals surface area contributed by atoms with Gasteiger partial charge in [0.05, 0.1) is 12.6 Å². The highest BCUT2D eigenvalue weighted by Gasteiger charge is 2.23. The van der Waals surface area contributed by atoms with Crippen LogP contribution in [0.4, 0.5) is 0 Å². The second kappa shape index (κ2) is 6.86. The summed E-state index contributed by atoms with van der Waals surface area (Å²) in [7, 11) is 2.23. The minimum atomic E-state index is -0.208. The molecule has 1 aliphatic rings. The van der Waals surface area contributed by atoms with Crippen molar-refractivity contribution in [1.82, 2.24) is 0 Å². The molecule has 1 fully saturated rings. The van der Waals surface area contributed by atoms with E-state index < -0.39 is 0 Å². The Hall–Kier alpha value is -1.39. The normalized spacial score (nSPS) is 24.1. The number of likely N-dealkylation sites (N-methyl/N-ethyl adjacent to an activating group) is 1. The van der Waals surface area contributed by atoms with E-state index in [1.54, 1.807) is 9.80 Å². The quantitative estimate of drug-likeness (QED) is 0.690. The Kier molecular flexibility index (Phi) is 5.15. The van der Waals surface area contributed by atoms with Gasteiger partial charge in [0, 0.05) is 0 Å². The van der Waals surface area contributed by atoms with Crippen LogP contribution in [-0.4, -0.2) is 51.8 Å². The number of piperazine rings is 1. The maximum absolute atomic E-state index is 12.1. The third kappa shape index (κ3) is 4.32. The number of carbonyl (C=O) groups excluding carboxylic acids is 1. The van der Waals surface area contributed by atoms with Crippen LogP contribution in [0.5, 0.6) is 0 Å². The second-order valence-electron chi connectivity index (χ2n) is 6.00. The van der Waals surface area contributed by atoms with Crippen molar-refractivity contribution in [2.24, 2.45) is 0 Å². The number of esters is 1. The maximum atomic E-state index is 12.1. The van der Waals surface area contributed by atoms with Crippen molar-refractivity contribution in [1.29, 1.82) is 0 Å². The summed E-state index contributed by atoms with van der Waals surface area (Å²) in [5.74, 6) is -0.208. The molecule has 0 amide bonds. The van der Waals surface area contributed by atoms with Gasteiger partial charge in [-0.1, -0.05) is 17.7 Å². The van der Waals surface area contributed by atoms with Crippen molar-refractivity contribution in [3.05, 3.63) is 35.4 Å². The van der Waals surface area contributed by atoms with Gasteiger partial charge in [0.15, 0.2) is 0 Å². The summed E-state index contributed by atoms with van der Waals surface area (Å²) >= 11 is 0. The van der Waals surface area contributed by atoms with Crippen LogP contribution >= 0.6 is 0 Å². The highest BCUT2D eigenvalue weighted by Crippen LogP contribution is 2.06. The van der Waals surface area contributed by atoms with Crippen LogP contribution in [0.25, 0.3) is 0 Å². The lowest BCUT2D eigenvalue weighted by Crippen LogP contribution is -3.27. The first kappa shape index (κ1) is 15.0. The summed E-state index contributed by atoms with van der Waals surface area (Å²) in [6.07, 6.45) is -0.0311. The molecule has 4 heteroatoms. The van der Waals surface area contributed by atoms with E-state index in [4.69, 9.17) is 4.74 Å². The van der Waals surface area contributed by atoms with E-state index in [0.29, 0.717) is 5.56 Å². The first-order chi connectivity index (χ1) is 9.54. The van der Waals surface area contributed by atoms with Crippen molar-refractivity contribution in [3.63, 3.8) is 0 Å². The van der Waals surface area contributed by atoms with Gasteiger partial charge in [-0.3, -0.25) is 0 Å². The number of hydrogen-bond acceptors (Lipinski definition) is 2. The van der Waals surface area contributed by atoms with E-state index in [2.05, 4.69) is 7.05 Å². The number of carbonyl (C=O) groups is 1. The largest absolute Gasteiger partial charge is 0.453 e. The van der Waals surface area contributed by atoms with Gasteiger partial charge in [-0.05, 0) is 26.0 Å². The van der Waals surface area contributed by atoms with E-state index in [1.165, 1.54) is 13.1 Å². The molecule has 0 aliphatic carbocycles. The van der Waals surface area contributed by atoms with Crippen molar-refractivity contribution < 1.29 is 19.3 Å². The Morgan fingerprint density at radius 1 is 1.30 bits per heavy atom. The average Bonchev–Trinajstić information content (AvgIpc) is 2.41. The Morgan fingerprint density at radius 2 is 2.00 bits per heavy atom. The first-order valence-electron chi connectivity index (χ1n) is 7.47. The number of quaternary nitrogens is 2. The summed E-state index contributed by atoms with van der Waals surface area (Å²) in [5, 5.41) is 0. The van der Waals surface area contributed by atoms with Crippen LogP contribution in [-0.2, 0) is 4.74 Å². The number of benzene rings is 1. The molecule has 1 aliphatic heterocycles. The minimum Gasteiger partial charge on any atom is -0.453 e. The minimum absolute atomic E-state index is 0.0311. The summed E-state index contributed by atoms with van der Waals surface area (Å²) in [6.45, 7) is 9.62. The summed E-state index contributed by atoms with van der Waals surface area (Å²) < 4.78 is 5.55. The van der Waals surface area contributed by atoms with E-state index in [0.717, 1.165) is 25.2 Å². The van der Waals surface area contributed by atoms with Crippen molar-refractivity contribution >= 4 is 5.97 Å². The monoisotopic (exact) mass is 278 g/mol. The zero-order valence-corrected chi connectivity index (χ0v) is 12.7. The molecule has 0 saturated carbocycles. The first-order valence-corrected chi connectivity index (χ1v) is 7.47. The maximum Gasteiger partial charge on any atom is 0.338 e. The third-order valence-electron chi connectivity index (χ3n) is 3.95. The van der Waals surface area contributed by atoms with Gasteiger partial charge in [-0.15, -0.1) is 0 Å². The molecule has 0 spiro atoms. The molecule has 2 N–H and O–H groups in total. The summed E-state index contributed by atoms with van der Waals surface area (Å²) in [5.41, 5.74) is 1.73. The number of hydrogen-bond donors (Lipinski definition) is 2. The van der Waals surface area contributed by atoms with Crippen molar-refractivity contribution in [2.75, 3.05) is 39.8 Å². The molecule has 1 aromatic rings. The molecule has 2 rings (SSSR count). The van der Waals surface area contributed by atoms with Gasteiger partial charge in [0.2, 0.25) is 0 Å². The molecule has 1 aromatic carbocycles. The highest BCUT2D eigenvalue weighted by molar-refractivity contribution is 5.89. The standard InChI is InChI=1S/C16H24N2O2/c1-13-5-4-6-15(11-13)16(19)20-14(2)12-18-9-7-17(3)8-10-18/h4-6,11,14H,7-10,12H2,1-3H3/p+2. The predicted octanol–water partition coefficient (Wildman–Crippen LogP) is -1.05. The Bertz CT molecular complexity index is 454. The third-order valence-corrected chi connectivity index (χ3v) is 3.95. The summed E-state index contributed by atoms with van der Waals surface area (Å²) in [6, 6.07) is 7.57. The Balaban J connectivity index is 1.82.